The molecule has 3 heteroatoms. The van der Waals surface area contributed by atoms with E-state index in [9.17, 15) is 9.50 Å². The average molecular weight is 183 g/mol. The number of aryl methyl sites for hydroxylation is 1. The van der Waals surface area contributed by atoms with Gasteiger partial charge in [-0.2, -0.15) is 0 Å². The standard InChI is InChI=1S/C10H14FNO/c1-7-3-2-4-8(10(7)11)9(13)5-6-12/h2-4,9,13H,5-6,12H2,1H3/t9-/m0/s1. The van der Waals surface area contributed by atoms with Crippen LogP contribution in [0.4, 0.5) is 4.39 Å². The van der Waals surface area contributed by atoms with Crippen molar-refractivity contribution >= 4 is 0 Å². The summed E-state index contributed by atoms with van der Waals surface area (Å²) < 4.78 is 13.4. The van der Waals surface area contributed by atoms with Crippen molar-refractivity contribution in [1.82, 2.24) is 0 Å². The number of nitrogens with two attached hydrogens (primary N) is 1. The Morgan fingerprint density at radius 1 is 1.54 bits per heavy atom. The number of hydrogen-bond donors (Lipinski definition) is 2. The predicted molar refractivity (Wildman–Crippen MR) is 49.8 cm³/mol. The smallest absolute Gasteiger partial charge is 0.131 e. The first kappa shape index (κ1) is 10.2. The summed E-state index contributed by atoms with van der Waals surface area (Å²) in [5.41, 5.74) is 6.16. The first-order valence-corrected chi connectivity index (χ1v) is 4.30. The number of rotatable bonds is 3. The quantitative estimate of drug-likeness (QED) is 0.746. The van der Waals surface area contributed by atoms with Crippen LogP contribution < -0.4 is 5.73 Å². The molecule has 1 rings (SSSR count). The van der Waals surface area contributed by atoms with E-state index in [2.05, 4.69) is 0 Å². The molecular weight excluding hydrogens is 169 g/mol. The minimum absolute atomic E-state index is 0.330. The third-order valence-electron chi connectivity index (χ3n) is 2.02. The van der Waals surface area contributed by atoms with Crippen LogP contribution in [0.3, 0.4) is 0 Å². The van der Waals surface area contributed by atoms with Gasteiger partial charge in [-0.25, -0.2) is 4.39 Å². The van der Waals surface area contributed by atoms with Gasteiger partial charge in [-0.05, 0) is 25.5 Å². The Morgan fingerprint density at radius 3 is 2.85 bits per heavy atom. The molecule has 3 N–H and O–H groups in total. The summed E-state index contributed by atoms with van der Waals surface area (Å²) in [5, 5.41) is 9.51. The van der Waals surface area contributed by atoms with Gasteiger partial charge in [0.1, 0.15) is 5.82 Å². The van der Waals surface area contributed by atoms with Crippen LogP contribution >= 0.6 is 0 Å². The molecule has 0 heterocycles. The summed E-state index contributed by atoms with van der Waals surface area (Å²) in [4.78, 5) is 0. The number of aliphatic hydroxyl groups is 1. The van der Waals surface area contributed by atoms with E-state index in [4.69, 9.17) is 5.73 Å². The van der Waals surface area contributed by atoms with Crippen LogP contribution in [0, 0.1) is 12.7 Å². The number of benzene rings is 1. The molecule has 0 spiro atoms. The second-order valence-corrected chi connectivity index (χ2v) is 3.07. The predicted octanol–water partition coefficient (Wildman–Crippen LogP) is 1.52. The summed E-state index contributed by atoms with van der Waals surface area (Å²) in [6.07, 6.45) is -0.398. The van der Waals surface area contributed by atoms with E-state index < -0.39 is 6.10 Å². The van der Waals surface area contributed by atoms with Gasteiger partial charge in [0, 0.05) is 5.56 Å². The lowest BCUT2D eigenvalue weighted by Gasteiger charge is -2.11. The minimum atomic E-state index is -0.787. The van der Waals surface area contributed by atoms with E-state index in [0.29, 0.717) is 24.1 Å². The van der Waals surface area contributed by atoms with Gasteiger partial charge >= 0.3 is 0 Å². The lowest BCUT2D eigenvalue weighted by Crippen LogP contribution is -2.08. The van der Waals surface area contributed by atoms with Crippen LogP contribution in [0.15, 0.2) is 18.2 Å². The van der Waals surface area contributed by atoms with Gasteiger partial charge in [0.25, 0.3) is 0 Å². The van der Waals surface area contributed by atoms with E-state index in [1.807, 2.05) is 0 Å². The average Bonchev–Trinajstić information content (AvgIpc) is 2.10. The zero-order chi connectivity index (χ0) is 9.84. The van der Waals surface area contributed by atoms with Gasteiger partial charge in [0.2, 0.25) is 0 Å². The summed E-state index contributed by atoms with van der Waals surface area (Å²) >= 11 is 0. The topological polar surface area (TPSA) is 46.2 Å². The maximum atomic E-state index is 13.4. The second-order valence-electron chi connectivity index (χ2n) is 3.07. The summed E-state index contributed by atoms with van der Waals surface area (Å²) in [5.74, 6) is -0.330. The van der Waals surface area contributed by atoms with E-state index in [0.717, 1.165) is 0 Å². The SMILES string of the molecule is Cc1cccc([C@@H](O)CCN)c1F. The van der Waals surface area contributed by atoms with Crippen molar-refractivity contribution in [3.63, 3.8) is 0 Å². The highest BCUT2D eigenvalue weighted by atomic mass is 19.1. The third kappa shape index (κ3) is 2.26. The van der Waals surface area contributed by atoms with Crippen molar-refractivity contribution in [1.29, 1.82) is 0 Å². The number of halogens is 1. The van der Waals surface area contributed by atoms with Crippen molar-refractivity contribution < 1.29 is 9.50 Å². The van der Waals surface area contributed by atoms with Crippen LogP contribution in [0.1, 0.15) is 23.7 Å². The van der Waals surface area contributed by atoms with Crippen LogP contribution in [0.5, 0.6) is 0 Å². The molecule has 1 aromatic carbocycles. The second kappa shape index (κ2) is 4.35. The molecule has 0 aliphatic rings. The monoisotopic (exact) mass is 183 g/mol. The largest absolute Gasteiger partial charge is 0.388 e. The molecule has 0 aromatic heterocycles. The Hall–Kier alpha value is -0.930. The van der Waals surface area contributed by atoms with Crippen molar-refractivity contribution in [3.05, 3.63) is 35.1 Å². The first-order chi connectivity index (χ1) is 6.16. The summed E-state index contributed by atoms with van der Waals surface area (Å²) in [6.45, 7) is 2.03. The zero-order valence-electron chi connectivity index (χ0n) is 7.63. The van der Waals surface area contributed by atoms with Gasteiger partial charge < -0.3 is 10.8 Å². The fourth-order valence-electron chi connectivity index (χ4n) is 1.24. The molecule has 0 unspecified atom stereocenters. The van der Waals surface area contributed by atoms with Gasteiger partial charge in [-0.15, -0.1) is 0 Å². The molecule has 1 atom stereocenters. The van der Waals surface area contributed by atoms with E-state index >= 15 is 0 Å². The van der Waals surface area contributed by atoms with Crippen molar-refractivity contribution in [2.24, 2.45) is 5.73 Å². The lowest BCUT2D eigenvalue weighted by molar-refractivity contribution is 0.165. The molecule has 0 amide bonds. The Kier molecular flexibility index (Phi) is 3.39. The maximum Gasteiger partial charge on any atom is 0.131 e. The van der Waals surface area contributed by atoms with Gasteiger partial charge in [0.05, 0.1) is 6.10 Å². The zero-order valence-corrected chi connectivity index (χ0v) is 7.63. The molecule has 2 nitrogen and oxygen atoms in total. The molecule has 1 aromatic rings. The normalized spacial score (nSPS) is 12.9. The fraction of sp³-hybridized carbons (Fsp3) is 0.400. The summed E-state index contributed by atoms with van der Waals surface area (Å²) in [6, 6.07) is 4.99. The maximum absolute atomic E-state index is 13.4. The molecule has 13 heavy (non-hydrogen) atoms. The minimum Gasteiger partial charge on any atom is -0.388 e. The van der Waals surface area contributed by atoms with Crippen molar-refractivity contribution in [2.75, 3.05) is 6.54 Å². The number of hydrogen-bond acceptors (Lipinski definition) is 2. The molecular formula is C10H14FNO. The van der Waals surface area contributed by atoms with Gasteiger partial charge in [-0.3, -0.25) is 0 Å². The van der Waals surface area contributed by atoms with E-state index in [1.165, 1.54) is 0 Å². The van der Waals surface area contributed by atoms with E-state index in [1.54, 1.807) is 25.1 Å². The first-order valence-electron chi connectivity index (χ1n) is 4.30. The molecule has 0 radical (unpaired) electrons. The van der Waals surface area contributed by atoms with Crippen molar-refractivity contribution in [3.8, 4) is 0 Å². The molecule has 0 bridgehead atoms. The molecule has 0 aliphatic carbocycles. The van der Waals surface area contributed by atoms with Crippen LogP contribution in [0.2, 0.25) is 0 Å². The van der Waals surface area contributed by atoms with Crippen LogP contribution in [-0.4, -0.2) is 11.7 Å². The Bertz CT molecular complexity index is 288. The third-order valence-corrected chi connectivity index (χ3v) is 2.02. The molecule has 72 valence electrons. The van der Waals surface area contributed by atoms with Gasteiger partial charge in [0.15, 0.2) is 0 Å². The molecule has 0 saturated heterocycles. The van der Waals surface area contributed by atoms with Crippen molar-refractivity contribution in [2.45, 2.75) is 19.4 Å². The van der Waals surface area contributed by atoms with E-state index in [-0.39, 0.29) is 5.82 Å². The summed E-state index contributed by atoms with van der Waals surface area (Å²) in [7, 11) is 0. The highest BCUT2D eigenvalue weighted by Crippen LogP contribution is 2.21. The fourth-order valence-corrected chi connectivity index (χ4v) is 1.24. The molecule has 0 saturated carbocycles. The Balaban J connectivity index is 2.93. The Morgan fingerprint density at radius 2 is 2.23 bits per heavy atom. The Labute approximate surface area is 77.2 Å². The molecule has 0 aliphatic heterocycles. The van der Waals surface area contributed by atoms with Crippen LogP contribution in [0.25, 0.3) is 0 Å². The number of aliphatic hydroxyl groups excluding tert-OH is 1. The highest BCUT2D eigenvalue weighted by Gasteiger charge is 2.12. The van der Waals surface area contributed by atoms with Gasteiger partial charge in [-0.1, -0.05) is 18.2 Å². The molecule has 0 fully saturated rings. The highest BCUT2D eigenvalue weighted by molar-refractivity contribution is 5.26. The van der Waals surface area contributed by atoms with Crippen LogP contribution in [-0.2, 0) is 0 Å². The lowest BCUT2D eigenvalue weighted by atomic mass is 10.0.